The summed E-state index contributed by atoms with van der Waals surface area (Å²) in [6.07, 6.45) is 0. The largest absolute Gasteiger partial charge is 0.294 e. The van der Waals surface area contributed by atoms with Gasteiger partial charge in [-0.05, 0) is 22.0 Å². The van der Waals surface area contributed by atoms with Crippen molar-refractivity contribution in [1.29, 1.82) is 0 Å². The number of rotatable bonds is 1. The van der Waals surface area contributed by atoms with Crippen LogP contribution in [-0.4, -0.2) is 5.78 Å². The summed E-state index contributed by atoms with van der Waals surface area (Å²) < 4.78 is 1.01. The zero-order valence-corrected chi connectivity index (χ0v) is 9.75. The standard InChI is InChI=1S/C9H11BrOS/c1-9(2,3)8(11)6-4-7(10)12-5-6/h4-5H,1-3H3. The molecule has 12 heavy (non-hydrogen) atoms. The van der Waals surface area contributed by atoms with Gasteiger partial charge in [0.25, 0.3) is 0 Å². The van der Waals surface area contributed by atoms with Crippen molar-refractivity contribution in [3.63, 3.8) is 0 Å². The molecule has 0 aliphatic heterocycles. The van der Waals surface area contributed by atoms with Crippen LogP contribution in [0.1, 0.15) is 31.1 Å². The van der Waals surface area contributed by atoms with Crippen molar-refractivity contribution in [2.45, 2.75) is 20.8 Å². The van der Waals surface area contributed by atoms with E-state index in [1.54, 1.807) is 11.3 Å². The summed E-state index contributed by atoms with van der Waals surface area (Å²) in [7, 11) is 0. The fraction of sp³-hybridized carbons (Fsp3) is 0.444. The second-order valence-electron chi connectivity index (χ2n) is 3.72. The lowest BCUT2D eigenvalue weighted by Gasteiger charge is -2.14. The normalized spacial score (nSPS) is 11.7. The average molecular weight is 247 g/mol. The lowest BCUT2D eigenvalue weighted by molar-refractivity contribution is 0.0859. The maximum Gasteiger partial charge on any atom is 0.169 e. The average Bonchev–Trinajstić information content (AvgIpc) is 2.32. The zero-order valence-electron chi connectivity index (χ0n) is 7.35. The molecule has 0 aromatic carbocycles. The van der Waals surface area contributed by atoms with Crippen molar-refractivity contribution in [1.82, 2.24) is 0 Å². The minimum absolute atomic E-state index is 0.199. The van der Waals surface area contributed by atoms with Crippen LogP contribution in [0.25, 0.3) is 0 Å². The van der Waals surface area contributed by atoms with Crippen molar-refractivity contribution >= 4 is 33.0 Å². The molecule has 0 aliphatic carbocycles. The first kappa shape index (κ1) is 9.93. The Bertz CT molecular complexity index is 296. The van der Waals surface area contributed by atoms with Crippen LogP contribution >= 0.6 is 27.3 Å². The van der Waals surface area contributed by atoms with E-state index in [0.717, 1.165) is 9.35 Å². The van der Waals surface area contributed by atoms with Gasteiger partial charge in [-0.1, -0.05) is 20.8 Å². The van der Waals surface area contributed by atoms with E-state index in [4.69, 9.17) is 0 Å². The van der Waals surface area contributed by atoms with Gasteiger partial charge in [-0.25, -0.2) is 0 Å². The number of Topliss-reactive ketones (excluding diaryl/α,β-unsaturated/α-hetero) is 1. The third-order valence-corrected chi connectivity index (χ3v) is 3.02. The Balaban J connectivity index is 2.93. The van der Waals surface area contributed by atoms with Crippen LogP contribution < -0.4 is 0 Å². The van der Waals surface area contributed by atoms with Gasteiger partial charge in [-0.2, -0.15) is 0 Å². The molecule has 0 bridgehead atoms. The molecule has 3 heteroatoms. The van der Waals surface area contributed by atoms with Crippen molar-refractivity contribution in [3.05, 3.63) is 20.8 Å². The number of carbonyl (C=O) groups is 1. The van der Waals surface area contributed by atoms with Gasteiger partial charge < -0.3 is 0 Å². The first-order valence-corrected chi connectivity index (χ1v) is 5.37. The maximum atomic E-state index is 11.7. The van der Waals surface area contributed by atoms with Gasteiger partial charge >= 0.3 is 0 Å². The molecule has 1 aromatic heterocycles. The molecule has 0 fully saturated rings. The first-order valence-electron chi connectivity index (χ1n) is 3.70. The molecule has 0 unspecified atom stereocenters. The number of thiophene rings is 1. The lowest BCUT2D eigenvalue weighted by Crippen LogP contribution is -2.19. The second-order valence-corrected chi connectivity index (χ2v) is 6.01. The second kappa shape index (κ2) is 3.30. The summed E-state index contributed by atoms with van der Waals surface area (Å²) in [5.74, 6) is 0.199. The van der Waals surface area contributed by atoms with Gasteiger partial charge in [-0.3, -0.25) is 4.79 Å². The molecule has 0 N–H and O–H groups in total. The topological polar surface area (TPSA) is 17.1 Å². The number of halogens is 1. The highest BCUT2D eigenvalue weighted by Crippen LogP contribution is 2.26. The van der Waals surface area contributed by atoms with Crippen LogP contribution in [0.15, 0.2) is 15.2 Å². The highest BCUT2D eigenvalue weighted by molar-refractivity contribution is 9.11. The highest BCUT2D eigenvalue weighted by atomic mass is 79.9. The third-order valence-electron chi connectivity index (χ3n) is 1.51. The van der Waals surface area contributed by atoms with E-state index < -0.39 is 0 Å². The molecule has 0 spiro atoms. The maximum absolute atomic E-state index is 11.7. The summed E-state index contributed by atoms with van der Waals surface area (Å²) in [5.41, 5.74) is 0.528. The molecule has 0 aliphatic rings. The number of hydrogen-bond donors (Lipinski definition) is 0. The van der Waals surface area contributed by atoms with E-state index >= 15 is 0 Å². The monoisotopic (exact) mass is 246 g/mol. The molecule has 66 valence electrons. The van der Waals surface area contributed by atoms with Crippen LogP contribution in [0.3, 0.4) is 0 Å². The lowest BCUT2D eigenvalue weighted by atomic mass is 9.88. The Kier molecular flexibility index (Phi) is 2.74. The molecular formula is C9H11BrOS. The molecule has 0 amide bonds. The predicted octanol–water partition coefficient (Wildman–Crippen LogP) is 3.74. The van der Waals surface area contributed by atoms with E-state index in [2.05, 4.69) is 15.9 Å². The summed E-state index contributed by atoms with van der Waals surface area (Å²) in [6, 6.07) is 1.87. The fourth-order valence-electron chi connectivity index (χ4n) is 0.862. The Hall–Kier alpha value is -0.150. The molecule has 0 atom stereocenters. The zero-order chi connectivity index (χ0) is 9.35. The van der Waals surface area contributed by atoms with Crippen LogP contribution in [0.2, 0.25) is 0 Å². The molecular weight excluding hydrogens is 236 g/mol. The number of hydrogen-bond acceptors (Lipinski definition) is 2. The molecule has 1 nitrogen and oxygen atoms in total. The summed E-state index contributed by atoms with van der Waals surface area (Å²) in [6.45, 7) is 5.79. The van der Waals surface area contributed by atoms with E-state index in [-0.39, 0.29) is 11.2 Å². The smallest absolute Gasteiger partial charge is 0.169 e. The Morgan fingerprint density at radius 2 is 2.08 bits per heavy atom. The van der Waals surface area contributed by atoms with Crippen molar-refractivity contribution in [2.75, 3.05) is 0 Å². The van der Waals surface area contributed by atoms with Crippen LogP contribution in [-0.2, 0) is 0 Å². The van der Waals surface area contributed by atoms with Gasteiger partial charge in [0.05, 0.1) is 3.79 Å². The number of carbonyl (C=O) groups excluding carboxylic acids is 1. The Labute approximate surface area is 84.9 Å². The minimum Gasteiger partial charge on any atom is -0.294 e. The van der Waals surface area contributed by atoms with Crippen LogP contribution in [0, 0.1) is 5.41 Å². The summed E-state index contributed by atoms with van der Waals surface area (Å²) >= 11 is 4.88. The molecule has 0 saturated carbocycles. The molecule has 1 aromatic rings. The van der Waals surface area contributed by atoms with Gasteiger partial charge in [-0.15, -0.1) is 11.3 Å². The van der Waals surface area contributed by atoms with Gasteiger partial charge in [0, 0.05) is 16.4 Å². The van der Waals surface area contributed by atoms with Crippen molar-refractivity contribution in [2.24, 2.45) is 5.41 Å². The van der Waals surface area contributed by atoms with Crippen LogP contribution in [0.4, 0.5) is 0 Å². The highest BCUT2D eigenvalue weighted by Gasteiger charge is 2.23. The molecule has 0 radical (unpaired) electrons. The molecule has 1 heterocycles. The molecule has 1 rings (SSSR count). The van der Waals surface area contributed by atoms with Gasteiger partial charge in [0.1, 0.15) is 0 Å². The summed E-state index contributed by atoms with van der Waals surface area (Å²) in [5, 5.41) is 1.89. The van der Waals surface area contributed by atoms with Crippen LogP contribution in [0.5, 0.6) is 0 Å². The van der Waals surface area contributed by atoms with Crippen molar-refractivity contribution < 1.29 is 4.79 Å². The van der Waals surface area contributed by atoms with Crippen molar-refractivity contribution in [3.8, 4) is 0 Å². The first-order chi connectivity index (χ1) is 5.41. The quantitative estimate of drug-likeness (QED) is 0.691. The van der Waals surface area contributed by atoms with E-state index in [1.807, 2.05) is 32.2 Å². The third kappa shape index (κ3) is 2.17. The SMILES string of the molecule is CC(C)(C)C(=O)c1csc(Br)c1. The number of ketones is 1. The van der Waals surface area contributed by atoms with E-state index in [0.29, 0.717) is 0 Å². The van der Waals surface area contributed by atoms with E-state index in [1.165, 1.54) is 0 Å². The summed E-state index contributed by atoms with van der Waals surface area (Å²) in [4.78, 5) is 11.7. The Morgan fingerprint density at radius 1 is 1.50 bits per heavy atom. The van der Waals surface area contributed by atoms with E-state index in [9.17, 15) is 4.79 Å². The molecule has 0 saturated heterocycles. The van der Waals surface area contributed by atoms with Gasteiger partial charge in [0.15, 0.2) is 5.78 Å². The Morgan fingerprint density at radius 3 is 2.42 bits per heavy atom. The fourth-order valence-corrected chi connectivity index (χ4v) is 2.00. The van der Waals surface area contributed by atoms with Gasteiger partial charge in [0.2, 0.25) is 0 Å². The predicted molar refractivity (Wildman–Crippen MR) is 55.8 cm³/mol. The minimum atomic E-state index is -0.277.